The maximum absolute atomic E-state index is 12.3. The molecule has 0 aromatic carbocycles. The van der Waals surface area contributed by atoms with Crippen LogP contribution in [0.2, 0.25) is 4.22 Å². The Morgan fingerprint density at radius 3 is 1.82 bits per heavy atom. The second kappa shape index (κ2) is 9.40. The van der Waals surface area contributed by atoms with Crippen LogP contribution in [0.1, 0.15) is 80.1 Å². The Morgan fingerprint density at radius 1 is 0.929 bits per heavy atom. The molecule has 2 rings (SSSR count). The van der Waals surface area contributed by atoms with Gasteiger partial charge in [-0.3, -0.25) is 0 Å². The molecular formula is C21H32O6Ti. The van der Waals surface area contributed by atoms with Crippen LogP contribution >= 0.6 is 0 Å². The number of carbonyl (C=O) groups is 3. The van der Waals surface area contributed by atoms with Crippen LogP contribution < -0.4 is 0 Å². The van der Waals surface area contributed by atoms with Gasteiger partial charge in [0.25, 0.3) is 0 Å². The molecule has 6 nitrogen and oxygen atoms in total. The van der Waals surface area contributed by atoms with Crippen molar-refractivity contribution in [3.05, 3.63) is 22.3 Å². The predicted octanol–water partition coefficient (Wildman–Crippen LogP) is 5.00. The monoisotopic (exact) mass is 428 g/mol. The van der Waals surface area contributed by atoms with Crippen molar-refractivity contribution in [3.63, 3.8) is 0 Å². The Kier molecular flexibility index (Phi) is 7.69. The summed E-state index contributed by atoms with van der Waals surface area (Å²) in [7, 11) is 0. The minimum atomic E-state index is -4.65. The summed E-state index contributed by atoms with van der Waals surface area (Å²) in [5.74, 6) is -1.18. The second-order valence-corrected chi connectivity index (χ2v) is 11.4. The van der Waals surface area contributed by atoms with Gasteiger partial charge in [-0.2, -0.15) is 0 Å². The molecule has 28 heavy (non-hydrogen) atoms. The summed E-state index contributed by atoms with van der Waals surface area (Å²) in [6.45, 7) is 11.4. The molecule has 0 heterocycles. The first-order valence-electron chi connectivity index (χ1n) is 10.3. The molecule has 2 atom stereocenters. The van der Waals surface area contributed by atoms with E-state index in [0.29, 0.717) is 12.3 Å². The van der Waals surface area contributed by atoms with E-state index in [1.165, 1.54) is 11.1 Å². The van der Waals surface area contributed by atoms with Crippen LogP contribution in [0.25, 0.3) is 0 Å². The van der Waals surface area contributed by atoms with Gasteiger partial charge in [0.2, 0.25) is 0 Å². The zero-order valence-electron chi connectivity index (χ0n) is 17.8. The molecule has 0 aliphatic heterocycles. The van der Waals surface area contributed by atoms with Crippen LogP contribution in [-0.2, 0) is 42.1 Å². The van der Waals surface area contributed by atoms with Gasteiger partial charge in [0, 0.05) is 0 Å². The van der Waals surface area contributed by atoms with E-state index in [1.54, 1.807) is 20.8 Å². The van der Waals surface area contributed by atoms with Crippen molar-refractivity contribution in [1.82, 2.24) is 0 Å². The molecule has 2 aliphatic carbocycles. The Balaban J connectivity index is 2.62. The standard InChI is InChI=1S/C12H17.3C3H6O2.Ti/c1-8-9(2)11-6-4-5-7-12(11)10(8)3;3*1-2-3(4)5;/h6,10H,4-5,7H2,1-3H3;3*2H2,1H3,(H,4,5);/q;;;;+3/p-3. The number of hydrogen-bond donors (Lipinski definition) is 0. The van der Waals surface area contributed by atoms with E-state index in [2.05, 4.69) is 20.8 Å². The van der Waals surface area contributed by atoms with E-state index < -0.39 is 35.7 Å². The number of hydrogen-bond acceptors (Lipinski definition) is 6. The van der Waals surface area contributed by atoms with Gasteiger partial charge in [0.05, 0.1) is 0 Å². The van der Waals surface area contributed by atoms with Gasteiger partial charge in [-0.15, -0.1) is 0 Å². The molecule has 0 radical (unpaired) electrons. The molecule has 0 fully saturated rings. The van der Waals surface area contributed by atoms with Crippen molar-refractivity contribution < 1.29 is 42.1 Å². The molecule has 7 heteroatoms. The summed E-state index contributed by atoms with van der Waals surface area (Å²) in [5.41, 5.74) is 4.82. The van der Waals surface area contributed by atoms with Crippen LogP contribution in [0.3, 0.4) is 0 Å². The van der Waals surface area contributed by atoms with Gasteiger partial charge in [0.1, 0.15) is 0 Å². The van der Waals surface area contributed by atoms with Gasteiger partial charge in [0.15, 0.2) is 0 Å². The molecule has 0 N–H and O–H groups in total. The normalized spacial score (nSPS) is 22.1. The molecule has 2 unspecified atom stereocenters. The van der Waals surface area contributed by atoms with Crippen LogP contribution in [0, 0.1) is 5.92 Å². The van der Waals surface area contributed by atoms with E-state index in [1.807, 2.05) is 0 Å². The third kappa shape index (κ3) is 4.43. The summed E-state index contributed by atoms with van der Waals surface area (Å²) >= 11 is -4.65. The predicted molar refractivity (Wildman–Crippen MR) is 101 cm³/mol. The molecule has 2 aliphatic rings. The molecule has 0 spiro atoms. The number of rotatable bonds is 7. The first-order valence-corrected chi connectivity index (χ1v) is 13.1. The zero-order valence-corrected chi connectivity index (χ0v) is 19.4. The summed E-state index contributed by atoms with van der Waals surface area (Å²) in [4.78, 5) is 37.0. The first kappa shape index (κ1) is 22.9. The Hall–Kier alpha value is -1.40. The van der Waals surface area contributed by atoms with Crippen LogP contribution in [-0.4, -0.2) is 17.9 Å². The summed E-state index contributed by atoms with van der Waals surface area (Å²) < 4.78 is 17.1. The van der Waals surface area contributed by atoms with E-state index in [-0.39, 0.29) is 23.5 Å². The first-order chi connectivity index (χ1) is 13.2. The summed E-state index contributed by atoms with van der Waals surface area (Å²) in [5, 5.41) is 0. The quantitative estimate of drug-likeness (QED) is 0.531. The van der Waals surface area contributed by atoms with Gasteiger partial charge in [-0.05, 0) is 0 Å². The Bertz CT molecular complexity index is 675. The van der Waals surface area contributed by atoms with Crippen LogP contribution in [0.15, 0.2) is 22.3 Å². The van der Waals surface area contributed by atoms with E-state index in [0.717, 1.165) is 24.0 Å². The fourth-order valence-electron chi connectivity index (χ4n) is 4.07. The molecule has 0 aromatic heterocycles. The van der Waals surface area contributed by atoms with Gasteiger partial charge in [-0.25, -0.2) is 0 Å². The minimum absolute atomic E-state index is 0.128. The number of carbonyl (C=O) groups excluding carboxylic acids is 3. The van der Waals surface area contributed by atoms with E-state index in [9.17, 15) is 14.4 Å². The SMILES string of the molecule is CCC(=O)[O][Ti]([O]C(=O)CC)([O]C(=O)CC)[CH]1CCCC2=C1C(C)=C(C)C2C. The van der Waals surface area contributed by atoms with Crippen molar-refractivity contribution in [2.75, 3.05) is 0 Å². The Morgan fingerprint density at radius 2 is 1.39 bits per heavy atom. The average molecular weight is 428 g/mol. The molecule has 0 aromatic rings. The topological polar surface area (TPSA) is 78.9 Å². The molecule has 156 valence electrons. The van der Waals surface area contributed by atoms with Crippen LogP contribution in [0.4, 0.5) is 0 Å². The number of allylic oxidation sites excluding steroid dienone is 4. The zero-order chi connectivity index (χ0) is 21.1. The molecule has 0 amide bonds. The fourth-order valence-corrected chi connectivity index (χ4v) is 9.15. The molecule has 0 bridgehead atoms. The third-order valence-corrected chi connectivity index (χ3v) is 10.5. The van der Waals surface area contributed by atoms with Crippen molar-refractivity contribution in [3.8, 4) is 0 Å². The van der Waals surface area contributed by atoms with E-state index in [4.69, 9.17) is 9.96 Å². The van der Waals surface area contributed by atoms with Gasteiger partial charge in [-0.1, -0.05) is 0 Å². The van der Waals surface area contributed by atoms with Gasteiger partial charge >= 0.3 is 173 Å². The fraction of sp³-hybridized carbons (Fsp3) is 0.667. The average Bonchev–Trinajstić information content (AvgIpc) is 2.91. The van der Waals surface area contributed by atoms with Crippen LogP contribution in [0.5, 0.6) is 0 Å². The maximum atomic E-state index is 12.3. The van der Waals surface area contributed by atoms with Gasteiger partial charge < -0.3 is 0 Å². The van der Waals surface area contributed by atoms with Crippen molar-refractivity contribution in [2.24, 2.45) is 5.92 Å². The Labute approximate surface area is 172 Å². The van der Waals surface area contributed by atoms with E-state index >= 15 is 0 Å². The summed E-state index contributed by atoms with van der Waals surface area (Å²) in [6, 6.07) is 0. The van der Waals surface area contributed by atoms with Crippen molar-refractivity contribution in [1.29, 1.82) is 0 Å². The second-order valence-electron chi connectivity index (χ2n) is 7.50. The molecule has 0 saturated heterocycles. The molecular weight excluding hydrogens is 396 g/mol. The van der Waals surface area contributed by atoms with Crippen molar-refractivity contribution in [2.45, 2.75) is 84.3 Å². The molecule has 0 saturated carbocycles. The third-order valence-electron chi connectivity index (χ3n) is 5.86. The summed E-state index contributed by atoms with van der Waals surface area (Å²) in [6.07, 6.45) is 2.92. The van der Waals surface area contributed by atoms with Crippen molar-refractivity contribution >= 4 is 17.9 Å².